The first-order valence-corrected chi connectivity index (χ1v) is 11.0. The smallest absolute Gasteiger partial charge is 0.217 e. The fraction of sp³-hybridized carbons (Fsp3) is 0.560. The van der Waals surface area contributed by atoms with Crippen LogP contribution in [0.4, 0.5) is 0 Å². The molecule has 0 unspecified atom stereocenters. The van der Waals surface area contributed by atoms with Gasteiger partial charge in [0.05, 0.1) is 12.2 Å². The maximum Gasteiger partial charge on any atom is 0.217 e. The first-order chi connectivity index (χ1) is 13.9. The van der Waals surface area contributed by atoms with Gasteiger partial charge in [-0.15, -0.1) is 0 Å². The number of allylic oxidation sites excluding steroid dienone is 2. The Morgan fingerprint density at radius 2 is 2.14 bits per heavy atom. The number of benzene rings is 1. The van der Waals surface area contributed by atoms with E-state index in [1.165, 1.54) is 11.1 Å². The highest BCUT2D eigenvalue weighted by molar-refractivity contribution is 5.73. The molecule has 1 fully saturated rings. The molecule has 1 aromatic carbocycles. The molecule has 0 saturated heterocycles. The Bertz CT molecular complexity index is 754. The van der Waals surface area contributed by atoms with Gasteiger partial charge in [0, 0.05) is 18.8 Å². The number of aliphatic hydroxyl groups is 2. The molecule has 0 aromatic heterocycles. The van der Waals surface area contributed by atoms with Crippen molar-refractivity contribution in [1.29, 1.82) is 0 Å². The number of hydrogen-bond acceptors (Lipinski definition) is 3. The Balaban J connectivity index is 1.47. The molecule has 4 N–H and O–H groups in total. The predicted octanol–water partition coefficient (Wildman–Crippen LogP) is 3.83. The largest absolute Gasteiger partial charge is 0.392 e. The van der Waals surface area contributed by atoms with Crippen LogP contribution < -0.4 is 5.73 Å². The van der Waals surface area contributed by atoms with E-state index in [0.29, 0.717) is 24.7 Å². The van der Waals surface area contributed by atoms with Gasteiger partial charge in [0.25, 0.3) is 0 Å². The van der Waals surface area contributed by atoms with Crippen molar-refractivity contribution in [3.05, 3.63) is 59.2 Å². The van der Waals surface area contributed by atoms with Crippen molar-refractivity contribution in [2.45, 2.75) is 70.5 Å². The zero-order valence-corrected chi connectivity index (χ0v) is 17.5. The van der Waals surface area contributed by atoms with Crippen LogP contribution in [0.5, 0.6) is 0 Å². The number of carbonyl (C=O) groups excluding carboxylic acids is 1. The molecule has 0 heterocycles. The molecule has 5 atom stereocenters. The summed E-state index contributed by atoms with van der Waals surface area (Å²) < 4.78 is 0. The van der Waals surface area contributed by atoms with Crippen molar-refractivity contribution >= 4 is 5.91 Å². The molecule has 1 amide bonds. The van der Waals surface area contributed by atoms with Gasteiger partial charge in [0.2, 0.25) is 5.91 Å². The van der Waals surface area contributed by atoms with E-state index in [4.69, 9.17) is 5.73 Å². The van der Waals surface area contributed by atoms with E-state index in [1.54, 1.807) is 0 Å². The van der Waals surface area contributed by atoms with Crippen LogP contribution in [0.25, 0.3) is 0 Å². The van der Waals surface area contributed by atoms with E-state index in [2.05, 4.69) is 31.2 Å². The Labute approximate surface area is 174 Å². The van der Waals surface area contributed by atoms with Crippen molar-refractivity contribution in [1.82, 2.24) is 0 Å². The molecule has 4 heteroatoms. The van der Waals surface area contributed by atoms with Crippen LogP contribution in [0.3, 0.4) is 0 Å². The lowest BCUT2D eigenvalue weighted by Crippen LogP contribution is -2.18. The lowest BCUT2D eigenvalue weighted by molar-refractivity contribution is -0.118. The average molecular weight is 398 g/mol. The highest BCUT2D eigenvalue weighted by Gasteiger charge is 2.43. The average Bonchev–Trinajstić information content (AvgIpc) is 3.16. The molecular formula is C25H35NO3. The van der Waals surface area contributed by atoms with Crippen LogP contribution >= 0.6 is 0 Å². The lowest BCUT2D eigenvalue weighted by Gasteiger charge is -2.19. The number of primary amides is 1. The third-order valence-electron chi connectivity index (χ3n) is 6.45. The zero-order chi connectivity index (χ0) is 20.8. The number of nitrogens with two attached hydrogens (primary N) is 1. The molecule has 1 saturated carbocycles. The summed E-state index contributed by atoms with van der Waals surface area (Å²) in [5.41, 5.74) is 9.01. The van der Waals surface area contributed by atoms with Crippen LogP contribution in [-0.2, 0) is 11.2 Å². The topological polar surface area (TPSA) is 83.5 Å². The van der Waals surface area contributed by atoms with Gasteiger partial charge in [-0.1, -0.05) is 60.1 Å². The highest BCUT2D eigenvalue weighted by Crippen LogP contribution is 2.48. The number of amides is 1. The number of fused-ring (bicyclic) bond motifs is 1. The Morgan fingerprint density at radius 3 is 2.90 bits per heavy atom. The summed E-state index contributed by atoms with van der Waals surface area (Å²) in [6.45, 7) is 2.06. The maximum atomic E-state index is 10.8. The minimum absolute atomic E-state index is 0.121. The van der Waals surface area contributed by atoms with Crippen LogP contribution in [0, 0.1) is 24.7 Å². The van der Waals surface area contributed by atoms with Crippen LogP contribution in [0.1, 0.15) is 56.1 Å². The number of unbranched alkanes of at least 4 members (excludes halogenated alkanes) is 2. The predicted molar refractivity (Wildman–Crippen MR) is 116 cm³/mol. The molecule has 4 nitrogen and oxygen atoms in total. The van der Waals surface area contributed by atoms with E-state index in [0.717, 1.165) is 44.1 Å². The fourth-order valence-electron chi connectivity index (χ4n) is 5.02. The van der Waals surface area contributed by atoms with E-state index in [9.17, 15) is 15.0 Å². The quantitative estimate of drug-likeness (QED) is 0.414. The van der Waals surface area contributed by atoms with Gasteiger partial charge in [-0.3, -0.25) is 4.79 Å². The standard InChI is InChI=1S/C25H35NO3/c1-17-6-5-8-18(12-17)14-21(27)10-11-22-23-15-19(13-20(23)16-24(22)28)7-3-2-4-9-25(26)29/h5-6,8,10-13,20-24,27-28H,2-4,7,9,14-16H2,1H3,(H2,26,29)/b11-10+/t20-,21-,22+,23-,24+/m0/s1. The van der Waals surface area contributed by atoms with Gasteiger partial charge in [-0.25, -0.2) is 0 Å². The molecule has 1 aromatic rings. The molecule has 2 aliphatic carbocycles. The summed E-state index contributed by atoms with van der Waals surface area (Å²) in [7, 11) is 0. The third-order valence-corrected chi connectivity index (χ3v) is 6.45. The van der Waals surface area contributed by atoms with Crippen molar-refractivity contribution in [3.8, 4) is 0 Å². The second-order valence-corrected chi connectivity index (χ2v) is 8.91. The van der Waals surface area contributed by atoms with E-state index < -0.39 is 6.10 Å². The Hall–Kier alpha value is -1.91. The SMILES string of the molecule is Cc1cccc(C[C@@H](O)/C=C/[C@@H]2[C@H]3CC(CCCCCC(N)=O)=C[C@H]3C[C@H]2O)c1. The molecule has 0 spiro atoms. The third kappa shape index (κ3) is 6.28. The number of aryl methyl sites for hydroxylation is 1. The Morgan fingerprint density at radius 1 is 1.31 bits per heavy atom. The normalized spacial score (nSPS) is 27.2. The highest BCUT2D eigenvalue weighted by atomic mass is 16.3. The Kier molecular flexibility index (Phi) is 7.68. The van der Waals surface area contributed by atoms with Crippen LogP contribution in [0.15, 0.2) is 48.1 Å². The summed E-state index contributed by atoms with van der Waals surface area (Å²) >= 11 is 0. The van der Waals surface area contributed by atoms with E-state index in [1.807, 2.05) is 18.2 Å². The molecular weight excluding hydrogens is 362 g/mol. The second-order valence-electron chi connectivity index (χ2n) is 8.91. The van der Waals surface area contributed by atoms with Crippen LogP contribution in [-0.4, -0.2) is 28.3 Å². The second kappa shape index (κ2) is 10.2. The number of carbonyl (C=O) groups is 1. The summed E-state index contributed by atoms with van der Waals surface area (Å²) in [5.74, 6) is 0.811. The minimum atomic E-state index is -0.526. The van der Waals surface area contributed by atoms with Crippen molar-refractivity contribution < 1.29 is 15.0 Å². The monoisotopic (exact) mass is 397 g/mol. The molecule has 0 bridgehead atoms. The van der Waals surface area contributed by atoms with E-state index in [-0.39, 0.29) is 17.9 Å². The van der Waals surface area contributed by atoms with Crippen molar-refractivity contribution in [2.24, 2.45) is 23.5 Å². The van der Waals surface area contributed by atoms with Gasteiger partial charge in [0.15, 0.2) is 0 Å². The molecule has 3 rings (SSSR count). The van der Waals surface area contributed by atoms with E-state index >= 15 is 0 Å². The summed E-state index contributed by atoms with van der Waals surface area (Å²) in [6.07, 6.45) is 12.5. The van der Waals surface area contributed by atoms with Gasteiger partial charge in [-0.05, 0) is 56.4 Å². The van der Waals surface area contributed by atoms with Gasteiger partial charge < -0.3 is 15.9 Å². The number of hydrogen-bond donors (Lipinski definition) is 3. The van der Waals surface area contributed by atoms with Crippen molar-refractivity contribution in [2.75, 3.05) is 0 Å². The number of aliphatic hydroxyl groups excluding tert-OH is 2. The van der Waals surface area contributed by atoms with Crippen LogP contribution in [0.2, 0.25) is 0 Å². The maximum absolute atomic E-state index is 10.8. The first-order valence-electron chi connectivity index (χ1n) is 11.0. The zero-order valence-electron chi connectivity index (χ0n) is 17.5. The van der Waals surface area contributed by atoms with Crippen molar-refractivity contribution in [3.63, 3.8) is 0 Å². The number of rotatable bonds is 10. The van der Waals surface area contributed by atoms with Gasteiger partial charge in [0.1, 0.15) is 0 Å². The molecule has 158 valence electrons. The molecule has 0 aliphatic heterocycles. The molecule has 0 radical (unpaired) electrons. The van der Waals surface area contributed by atoms with Gasteiger partial charge in [-0.2, -0.15) is 0 Å². The summed E-state index contributed by atoms with van der Waals surface area (Å²) in [5, 5.41) is 20.9. The molecule has 29 heavy (non-hydrogen) atoms. The summed E-state index contributed by atoms with van der Waals surface area (Å²) in [4.78, 5) is 10.8. The lowest BCUT2D eigenvalue weighted by atomic mass is 9.88. The van der Waals surface area contributed by atoms with Gasteiger partial charge >= 0.3 is 0 Å². The summed E-state index contributed by atoms with van der Waals surface area (Å²) in [6, 6.07) is 8.23. The minimum Gasteiger partial charge on any atom is -0.392 e. The first kappa shape index (κ1) is 21.8. The fourth-order valence-corrected chi connectivity index (χ4v) is 5.02. The molecule has 2 aliphatic rings.